The SMILES string of the molecule is CCNCC(CNCC(=NC)c1nccnc1/C=C/c1ccc(N2CCOCC2)cc1)OC. The number of methoxy groups -OCH3 is 1. The fourth-order valence-electron chi connectivity index (χ4n) is 3.65. The molecule has 33 heavy (non-hydrogen) atoms. The first kappa shape index (κ1) is 25.0. The van der Waals surface area contributed by atoms with Crippen LogP contribution in [0.4, 0.5) is 5.69 Å². The van der Waals surface area contributed by atoms with Crippen molar-refractivity contribution in [2.75, 3.05) is 71.5 Å². The minimum Gasteiger partial charge on any atom is -0.379 e. The van der Waals surface area contributed by atoms with Crippen molar-refractivity contribution in [3.63, 3.8) is 0 Å². The van der Waals surface area contributed by atoms with Gasteiger partial charge >= 0.3 is 0 Å². The molecule has 1 aromatic heterocycles. The second kappa shape index (κ2) is 13.8. The van der Waals surface area contributed by atoms with Gasteiger partial charge in [0.2, 0.25) is 0 Å². The van der Waals surface area contributed by atoms with Gasteiger partial charge in [0.1, 0.15) is 5.69 Å². The molecule has 0 radical (unpaired) electrons. The monoisotopic (exact) mass is 452 g/mol. The Bertz CT molecular complexity index is 894. The first-order valence-electron chi connectivity index (χ1n) is 11.6. The molecule has 1 aliphatic heterocycles. The lowest BCUT2D eigenvalue weighted by Gasteiger charge is -2.28. The third kappa shape index (κ3) is 7.71. The molecule has 1 aliphatic rings. The summed E-state index contributed by atoms with van der Waals surface area (Å²) in [6.45, 7) is 8.58. The van der Waals surface area contributed by atoms with E-state index in [0.717, 1.165) is 68.6 Å². The Morgan fingerprint density at radius 3 is 2.55 bits per heavy atom. The Morgan fingerprint density at radius 2 is 1.85 bits per heavy atom. The van der Waals surface area contributed by atoms with Crippen LogP contribution in [0.1, 0.15) is 23.9 Å². The van der Waals surface area contributed by atoms with Crippen LogP contribution < -0.4 is 15.5 Å². The molecule has 1 saturated heterocycles. The zero-order chi connectivity index (χ0) is 23.3. The average molecular weight is 453 g/mol. The van der Waals surface area contributed by atoms with Crippen LogP contribution in [0.2, 0.25) is 0 Å². The summed E-state index contributed by atoms with van der Waals surface area (Å²) < 4.78 is 11.0. The molecule has 0 spiro atoms. The number of benzene rings is 1. The molecule has 8 nitrogen and oxygen atoms in total. The maximum Gasteiger partial charge on any atom is 0.111 e. The largest absolute Gasteiger partial charge is 0.379 e. The summed E-state index contributed by atoms with van der Waals surface area (Å²) in [7, 11) is 3.52. The summed E-state index contributed by atoms with van der Waals surface area (Å²) >= 11 is 0. The maximum absolute atomic E-state index is 5.52. The van der Waals surface area contributed by atoms with Gasteiger partial charge in [-0.2, -0.15) is 0 Å². The van der Waals surface area contributed by atoms with E-state index >= 15 is 0 Å². The van der Waals surface area contributed by atoms with Gasteiger partial charge in [-0.1, -0.05) is 25.1 Å². The second-order valence-corrected chi connectivity index (χ2v) is 7.78. The molecule has 1 unspecified atom stereocenters. The standard InChI is InChI=1S/C25H36N6O2/c1-4-27-17-22(32-3)18-28-19-24(26-2)25-23(29-11-12-30-25)10-7-20-5-8-21(9-6-20)31-13-15-33-16-14-31/h5-12,22,27-28H,4,13-19H2,1-3H3/b10-7+,26-24?. The number of likely N-dealkylation sites (N-methyl/N-ethyl adjacent to an activating group) is 1. The Hall–Kier alpha value is -2.65. The van der Waals surface area contributed by atoms with Crippen molar-refractivity contribution in [2.45, 2.75) is 13.0 Å². The van der Waals surface area contributed by atoms with E-state index in [1.165, 1.54) is 5.69 Å². The maximum atomic E-state index is 5.52. The van der Waals surface area contributed by atoms with Gasteiger partial charge < -0.3 is 25.0 Å². The molecule has 2 heterocycles. The van der Waals surface area contributed by atoms with E-state index in [2.05, 4.69) is 67.8 Å². The fraction of sp³-hybridized carbons (Fsp3) is 0.480. The van der Waals surface area contributed by atoms with Gasteiger partial charge in [-0.05, 0) is 30.3 Å². The van der Waals surface area contributed by atoms with E-state index in [1.807, 2.05) is 6.08 Å². The van der Waals surface area contributed by atoms with Crippen LogP contribution in [0.25, 0.3) is 12.2 Å². The third-order valence-corrected chi connectivity index (χ3v) is 5.59. The van der Waals surface area contributed by atoms with Crippen molar-refractivity contribution in [2.24, 2.45) is 4.99 Å². The van der Waals surface area contributed by atoms with Crippen molar-refractivity contribution >= 4 is 23.6 Å². The van der Waals surface area contributed by atoms with E-state index in [-0.39, 0.29) is 6.10 Å². The molecule has 0 aliphatic carbocycles. The van der Waals surface area contributed by atoms with Crippen molar-refractivity contribution in [1.82, 2.24) is 20.6 Å². The van der Waals surface area contributed by atoms with E-state index < -0.39 is 0 Å². The molecule has 178 valence electrons. The summed E-state index contributed by atoms with van der Waals surface area (Å²) in [5, 5.41) is 6.74. The molecule has 0 bridgehead atoms. The quantitative estimate of drug-likeness (QED) is 0.477. The van der Waals surface area contributed by atoms with Crippen molar-refractivity contribution in [3.05, 3.63) is 53.6 Å². The van der Waals surface area contributed by atoms with Crippen molar-refractivity contribution < 1.29 is 9.47 Å². The summed E-state index contributed by atoms with van der Waals surface area (Å²) in [6.07, 6.45) is 7.58. The summed E-state index contributed by atoms with van der Waals surface area (Å²) in [6, 6.07) is 8.57. The number of hydrogen-bond donors (Lipinski definition) is 2. The molecule has 8 heteroatoms. The lowest BCUT2D eigenvalue weighted by atomic mass is 10.1. The van der Waals surface area contributed by atoms with E-state index in [9.17, 15) is 0 Å². The van der Waals surface area contributed by atoms with Crippen LogP contribution in [-0.4, -0.2) is 88.4 Å². The van der Waals surface area contributed by atoms with E-state index in [4.69, 9.17) is 9.47 Å². The van der Waals surface area contributed by atoms with Crippen LogP contribution in [0, 0.1) is 0 Å². The number of morpholine rings is 1. The molecular weight excluding hydrogens is 416 g/mol. The highest BCUT2D eigenvalue weighted by atomic mass is 16.5. The number of aromatic nitrogens is 2. The molecular formula is C25H36N6O2. The Morgan fingerprint density at radius 1 is 1.12 bits per heavy atom. The van der Waals surface area contributed by atoms with Crippen molar-refractivity contribution in [3.8, 4) is 0 Å². The van der Waals surface area contributed by atoms with Crippen LogP contribution >= 0.6 is 0 Å². The summed E-state index contributed by atoms with van der Waals surface area (Å²) in [5.74, 6) is 0. The molecule has 1 atom stereocenters. The zero-order valence-electron chi connectivity index (χ0n) is 20.0. The minimum atomic E-state index is 0.102. The van der Waals surface area contributed by atoms with E-state index in [1.54, 1.807) is 26.6 Å². The van der Waals surface area contributed by atoms with Crippen LogP contribution in [0.3, 0.4) is 0 Å². The van der Waals surface area contributed by atoms with Crippen LogP contribution in [0.5, 0.6) is 0 Å². The molecule has 0 amide bonds. The molecule has 2 N–H and O–H groups in total. The molecule has 1 aromatic carbocycles. The fourth-order valence-corrected chi connectivity index (χ4v) is 3.65. The van der Waals surface area contributed by atoms with Crippen LogP contribution in [0.15, 0.2) is 41.7 Å². The zero-order valence-corrected chi connectivity index (χ0v) is 20.0. The second-order valence-electron chi connectivity index (χ2n) is 7.78. The number of rotatable bonds is 12. The highest BCUT2D eigenvalue weighted by molar-refractivity contribution is 6.03. The number of anilines is 1. The van der Waals surface area contributed by atoms with Gasteiger partial charge in [-0.15, -0.1) is 0 Å². The third-order valence-electron chi connectivity index (χ3n) is 5.59. The summed E-state index contributed by atoms with van der Waals surface area (Å²) in [4.78, 5) is 15.9. The molecule has 2 aromatic rings. The topological polar surface area (TPSA) is 83.9 Å². The number of nitrogens with one attached hydrogen (secondary N) is 2. The highest BCUT2D eigenvalue weighted by Crippen LogP contribution is 2.18. The van der Waals surface area contributed by atoms with Gasteiger partial charge in [0.15, 0.2) is 0 Å². The first-order valence-corrected chi connectivity index (χ1v) is 11.6. The molecule has 0 saturated carbocycles. The van der Waals surface area contributed by atoms with Gasteiger partial charge in [-0.3, -0.25) is 15.0 Å². The van der Waals surface area contributed by atoms with Crippen molar-refractivity contribution in [1.29, 1.82) is 0 Å². The first-order chi connectivity index (χ1) is 16.2. The minimum absolute atomic E-state index is 0.102. The average Bonchev–Trinajstić information content (AvgIpc) is 2.88. The smallest absolute Gasteiger partial charge is 0.111 e. The number of ether oxygens (including phenoxy) is 2. The Kier molecular flexibility index (Phi) is 10.4. The summed E-state index contributed by atoms with van der Waals surface area (Å²) in [5.41, 5.74) is 4.79. The van der Waals surface area contributed by atoms with Gasteiger partial charge in [0, 0.05) is 65.0 Å². The highest BCUT2D eigenvalue weighted by Gasteiger charge is 2.13. The number of aliphatic imine (C=N–C) groups is 1. The molecule has 3 rings (SSSR count). The predicted molar refractivity (Wildman–Crippen MR) is 135 cm³/mol. The lowest BCUT2D eigenvalue weighted by Crippen LogP contribution is -2.39. The van der Waals surface area contributed by atoms with E-state index in [0.29, 0.717) is 6.54 Å². The lowest BCUT2D eigenvalue weighted by molar-refractivity contribution is 0.102. The Balaban J connectivity index is 1.63. The normalized spacial score (nSPS) is 15.8. The number of nitrogens with zero attached hydrogens (tertiary/aromatic N) is 4. The van der Waals surface area contributed by atoms with Crippen LogP contribution in [-0.2, 0) is 9.47 Å². The van der Waals surface area contributed by atoms with Gasteiger partial charge in [-0.25, -0.2) is 0 Å². The Labute approximate surface area is 197 Å². The predicted octanol–water partition coefficient (Wildman–Crippen LogP) is 2.12. The number of hydrogen-bond acceptors (Lipinski definition) is 8. The van der Waals surface area contributed by atoms with Gasteiger partial charge in [0.25, 0.3) is 0 Å². The molecule has 1 fully saturated rings. The van der Waals surface area contributed by atoms with Gasteiger partial charge in [0.05, 0.1) is 30.7 Å².